The number of thiol groups is 1. The van der Waals surface area contributed by atoms with Crippen LogP contribution >= 0.6 is 28.6 Å². The Labute approximate surface area is 85.7 Å². The predicted octanol–water partition coefficient (Wildman–Crippen LogP) is 3.33. The van der Waals surface area contributed by atoms with Crippen molar-refractivity contribution in [3.8, 4) is 0 Å². The van der Waals surface area contributed by atoms with Gasteiger partial charge >= 0.3 is 0 Å². The van der Waals surface area contributed by atoms with Crippen LogP contribution in [0.5, 0.6) is 0 Å². The van der Waals surface area contributed by atoms with Gasteiger partial charge in [-0.3, -0.25) is 4.79 Å². The second-order valence-electron chi connectivity index (χ2n) is 2.42. The molecule has 0 atom stereocenters. The maximum atomic E-state index is 11.3. The van der Waals surface area contributed by atoms with Gasteiger partial charge < -0.3 is 0 Å². The van der Waals surface area contributed by atoms with Gasteiger partial charge in [-0.1, -0.05) is 19.1 Å². The molecule has 0 fully saturated rings. The van der Waals surface area contributed by atoms with Crippen molar-refractivity contribution in [3.05, 3.63) is 28.2 Å². The summed E-state index contributed by atoms with van der Waals surface area (Å²) in [5, 5.41) is 0. The van der Waals surface area contributed by atoms with E-state index in [0.29, 0.717) is 12.0 Å². The van der Waals surface area contributed by atoms with Crippen LogP contribution in [0.4, 0.5) is 0 Å². The molecule has 1 rings (SSSR count). The Morgan fingerprint density at radius 3 is 2.83 bits per heavy atom. The maximum Gasteiger partial charge on any atom is 0.163 e. The molecular formula is C9H9BrOS. The monoisotopic (exact) mass is 244 g/mol. The molecule has 0 bridgehead atoms. The molecule has 0 saturated carbocycles. The molecule has 12 heavy (non-hydrogen) atoms. The lowest BCUT2D eigenvalue weighted by Crippen LogP contribution is -1.97. The van der Waals surface area contributed by atoms with Gasteiger partial charge in [0.25, 0.3) is 0 Å². The van der Waals surface area contributed by atoms with Crippen molar-refractivity contribution in [1.29, 1.82) is 0 Å². The minimum atomic E-state index is 0.137. The topological polar surface area (TPSA) is 17.1 Å². The van der Waals surface area contributed by atoms with Crippen LogP contribution in [0.3, 0.4) is 0 Å². The Hall–Kier alpha value is -0.280. The fraction of sp³-hybridized carbons (Fsp3) is 0.222. The minimum absolute atomic E-state index is 0.137. The van der Waals surface area contributed by atoms with Crippen molar-refractivity contribution in [2.24, 2.45) is 0 Å². The summed E-state index contributed by atoms with van der Waals surface area (Å²) < 4.78 is 0.792. The van der Waals surface area contributed by atoms with Gasteiger partial charge in [-0.05, 0) is 22.0 Å². The lowest BCUT2D eigenvalue weighted by Gasteiger charge is -2.02. The molecule has 0 aliphatic rings. The molecule has 0 heterocycles. The van der Waals surface area contributed by atoms with Gasteiger partial charge in [0.2, 0.25) is 0 Å². The van der Waals surface area contributed by atoms with Crippen LogP contribution in [-0.2, 0) is 0 Å². The van der Waals surface area contributed by atoms with Crippen LogP contribution in [-0.4, -0.2) is 5.78 Å². The molecule has 3 heteroatoms. The van der Waals surface area contributed by atoms with Gasteiger partial charge in [0.05, 0.1) is 0 Å². The highest BCUT2D eigenvalue weighted by Crippen LogP contribution is 2.25. The zero-order chi connectivity index (χ0) is 9.14. The van der Waals surface area contributed by atoms with Gasteiger partial charge in [-0.2, -0.15) is 0 Å². The summed E-state index contributed by atoms with van der Waals surface area (Å²) in [4.78, 5) is 12.1. The smallest absolute Gasteiger partial charge is 0.163 e. The number of benzene rings is 1. The van der Waals surface area contributed by atoms with Gasteiger partial charge in [-0.25, -0.2) is 0 Å². The molecule has 0 aromatic heterocycles. The summed E-state index contributed by atoms with van der Waals surface area (Å²) in [7, 11) is 0. The van der Waals surface area contributed by atoms with Crippen molar-refractivity contribution in [1.82, 2.24) is 0 Å². The summed E-state index contributed by atoms with van der Waals surface area (Å²) >= 11 is 7.53. The third-order valence-corrected chi connectivity index (χ3v) is 3.13. The molecule has 0 radical (unpaired) electrons. The van der Waals surface area contributed by atoms with E-state index in [2.05, 4.69) is 28.6 Å². The standard InChI is InChI=1S/C9H9BrOS/c1-2-7(11)6-4-3-5-8(12)9(6)10/h3-5,12H,2H2,1H3. The van der Waals surface area contributed by atoms with Crippen molar-refractivity contribution in [3.63, 3.8) is 0 Å². The number of hydrogen-bond donors (Lipinski definition) is 1. The van der Waals surface area contributed by atoms with Crippen LogP contribution < -0.4 is 0 Å². The fourth-order valence-electron chi connectivity index (χ4n) is 0.926. The summed E-state index contributed by atoms with van der Waals surface area (Å²) in [6, 6.07) is 5.48. The molecule has 0 unspecified atom stereocenters. The van der Waals surface area contributed by atoms with E-state index >= 15 is 0 Å². The predicted molar refractivity (Wildman–Crippen MR) is 56.0 cm³/mol. The van der Waals surface area contributed by atoms with Crippen molar-refractivity contribution < 1.29 is 4.79 Å². The van der Waals surface area contributed by atoms with E-state index in [1.54, 1.807) is 6.07 Å². The van der Waals surface area contributed by atoms with E-state index in [-0.39, 0.29) is 5.78 Å². The minimum Gasteiger partial charge on any atom is -0.294 e. The van der Waals surface area contributed by atoms with Crippen molar-refractivity contribution in [2.45, 2.75) is 18.2 Å². The van der Waals surface area contributed by atoms with Gasteiger partial charge in [0.15, 0.2) is 5.78 Å². The van der Waals surface area contributed by atoms with Gasteiger partial charge in [-0.15, -0.1) is 12.6 Å². The van der Waals surface area contributed by atoms with E-state index < -0.39 is 0 Å². The van der Waals surface area contributed by atoms with Crippen molar-refractivity contribution >= 4 is 34.3 Å². The lowest BCUT2D eigenvalue weighted by molar-refractivity contribution is 0.0987. The molecule has 0 aliphatic heterocycles. The van der Waals surface area contributed by atoms with Crippen LogP contribution in [0, 0.1) is 0 Å². The zero-order valence-electron chi connectivity index (χ0n) is 6.67. The van der Waals surface area contributed by atoms with Crippen LogP contribution in [0.25, 0.3) is 0 Å². The first-order chi connectivity index (χ1) is 5.66. The SMILES string of the molecule is CCC(=O)c1cccc(S)c1Br. The first-order valence-corrected chi connectivity index (χ1v) is 4.91. The normalized spacial score (nSPS) is 9.92. The first kappa shape index (κ1) is 9.81. The number of rotatable bonds is 2. The zero-order valence-corrected chi connectivity index (χ0v) is 9.15. The quantitative estimate of drug-likeness (QED) is 0.624. The Kier molecular flexibility index (Phi) is 3.35. The maximum absolute atomic E-state index is 11.3. The Balaban J connectivity index is 3.16. The Morgan fingerprint density at radius 2 is 2.25 bits per heavy atom. The average molecular weight is 245 g/mol. The highest BCUT2D eigenvalue weighted by Gasteiger charge is 2.08. The molecule has 0 spiro atoms. The summed E-state index contributed by atoms with van der Waals surface area (Å²) in [5.74, 6) is 0.137. The molecule has 1 aromatic carbocycles. The van der Waals surface area contributed by atoms with E-state index in [1.807, 2.05) is 19.1 Å². The van der Waals surface area contributed by atoms with Crippen LogP contribution in [0.1, 0.15) is 23.7 Å². The third-order valence-electron chi connectivity index (χ3n) is 1.60. The molecule has 64 valence electrons. The number of Topliss-reactive ketones (excluding diaryl/α,β-unsaturated/α-hetero) is 1. The summed E-state index contributed by atoms with van der Waals surface area (Å²) in [5.41, 5.74) is 0.713. The number of carbonyl (C=O) groups is 1. The second kappa shape index (κ2) is 4.10. The molecular weight excluding hydrogens is 236 g/mol. The van der Waals surface area contributed by atoms with E-state index in [4.69, 9.17) is 0 Å². The number of hydrogen-bond acceptors (Lipinski definition) is 2. The molecule has 1 aromatic rings. The number of halogens is 1. The van der Waals surface area contributed by atoms with Gasteiger partial charge in [0.1, 0.15) is 0 Å². The third kappa shape index (κ3) is 1.90. The first-order valence-electron chi connectivity index (χ1n) is 3.67. The van der Waals surface area contributed by atoms with Crippen LogP contribution in [0.2, 0.25) is 0 Å². The van der Waals surface area contributed by atoms with Crippen molar-refractivity contribution in [2.75, 3.05) is 0 Å². The summed E-state index contributed by atoms with van der Waals surface area (Å²) in [6.45, 7) is 1.85. The average Bonchev–Trinajstić information content (AvgIpc) is 2.08. The second-order valence-corrected chi connectivity index (χ2v) is 3.69. The number of ketones is 1. The summed E-state index contributed by atoms with van der Waals surface area (Å²) in [6.07, 6.45) is 0.524. The largest absolute Gasteiger partial charge is 0.294 e. The molecule has 0 N–H and O–H groups in total. The Bertz CT molecular complexity index is 309. The molecule has 1 nitrogen and oxygen atoms in total. The fourth-order valence-corrected chi connectivity index (χ4v) is 1.62. The lowest BCUT2D eigenvalue weighted by atomic mass is 10.1. The van der Waals surface area contributed by atoms with E-state index in [1.165, 1.54) is 0 Å². The number of carbonyl (C=O) groups excluding carboxylic acids is 1. The molecule has 0 aliphatic carbocycles. The van der Waals surface area contributed by atoms with Gasteiger partial charge in [0, 0.05) is 21.4 Å². The highest BCUT2D eigenvalue weighted by molar-refractivity contribution is 9.10. The highest BCUT2D eigenvalue weighted by atomic mass is 79.9. The van der Waals surface area contributed by atoms with Crippen LogP contribution in [0.15, 0.2) is 27.6 Å². The molecule has 0 amide bonds. The van der Waals surface area contributed by atoms with E-state index in [0.717, 1.165) is 9.37 Å². The molecule has 0 saturated heterocycles. The Morgan fingerprint density at radius 1 is 1.58 bits per heavy atom. The van der Waals surface area contributed by atoms with E-state index in [9.17, 15) is 4.79 Å².